The van der Waals surface area contributed by atoms with Gasteiger partial charge in [0.25, 0.3) is 0 Å². The van der Waals surface area contributed by atoms with Gasteiger partial charge in [-0.05, 0) is 26.0 Å². The summed E-state index contributed by atoms with van der Waals surface area (Å²) in [6.45, 7) is 4.41. The zero-order valence-corrected chi connectivity index (χ0v) is 12.5. The minimum atomic E-state index is -0.954. The van der Waals surface area contributed by atoms with Crippen LogP contribution in [0.2, 0.25) is 0 Å². The number of benzene rings is 1. The van der Waals surface area contributed by atoms with Crippen LogP contribution in [0.4, 0.5) is 10.5 Å². The number of carboxylic acid groups (broad SMARTS) is 1. The predicted molar refractivity (Wildman–Crippen MR) is 80.5 cm³/mol. The van der Waals surface area contributed by atoms with Crippen LogP contribution in [0.15, 0.2) is 24.3 Å². The van der Waals surface area contributed by atoms with Crippen molar-refractivity contribution in [3.63, 3.8) is 0 Å². The number of aliphatic hydroxyl groups is 1. The molecule has 0 aliphatic carbocycles. The number of aliphatic carboxylic acids is 1. The van der Waals surface area contributed by atoms with Gasteiger partial charge in [0, 0.05) is 25.3 Å². The molecule has 0 radical (unpaired) electrons. The molecule has 0 aromatic heterocycles. The fraction of sp³-hybridized carbons (Fsp3) is 0.467. The van der Waals surface area contributed by atoms with Crippen LogP contribution in [0.25, 0.3) is 0 Å². The molecule has 1 aromatic rings. The van der Waals surface area contributed by atoms with Gasteiger partial charge in [-0.25, -0.2) is 4.79 Å². The Hall–Kier alpha value is -2.08. The molecule has 0 unspecified atom stereocenters. The van der Waals surface area contributed by atoms with Crippen LogP contribution < -0.4 is 4.90 Å². The quantitative estimate of drug-likeness (QED) is 0.802. The third kappa shape index (κ3) is 5.07. The lowest BCUT2D eigenvalue weighted by Crippen LogP contribution is -2.45. The van der Waals surface area contributed by atoms with Gasteiger partial charge in [-0.15, -0.1) is 0 Å². The monoisotopic (exact) mass is 294 g/mol. The number of likely N-dealkylation sites (N-methyl/N-ethyl adjacent to an activating group) is 1. The number of rotatable bonds is 7. The van der Waals surface area contributed by atoms with Crippen LogP contribution in [0, 0.1) is 6.92 Å². The predicted octanol–water partition coefficient (Wildman–Crippen LogP) is 1.71. The summed E-state index contributed by atoms with van der Waals surface area (Å²) in [5, 5.41) is 17.9. The first-order valence-electron chi connectivity index (χ1n) is 6.95. The third-order valence-corrected chi connectivity index (χ3v) is 3.15. The van der Waals surface area contributed by atoms with E-state index in [1.54, 1.807) is 12.1 Å². The van der Waals surface area contributed by atoms with E-state index in [0.29, 0.717) is 12.2 Å². The van der Waals surface area contributed by atoms with Gasteiger partial charge in [-0.1, -0.05) is 17.7 Å². The largest absolute Gasteiger partial charge is 0.481 e. The Bertz CT molecular complexity index is 473. The molecule has 21 heavy (non-hydrogen) atoms. The molecule has 6 heteroatoms. The van der Waals surface area contributed by atoms with E-state index in [-0.39, 0.29) is 32.1 Å². The highest BCUT2D eigenvalue weighted by molar-refractivity contribution is 5.92. The lowest BCUT2D eigenvalue weighted by Gasteiger charge is -2.29. The van der Waals surface area contributed by atoms with E-state index in [9.17, 15) is 9.59 Å². The van der Waals surface area contributed by atoms with Crippen LogP contribution in [-0.4, -0.2) is 53.4 Å². The molecule has 0 aliphatic rings. The van der Waals surface area contributed by atoms with Gasteiger partial charge < -0.3 is 15.1 Å². The van der Waals surface area contributed by atoms with Crippen molar-refractivity contribution in [3.05, 3.63) is 29.8 Å². The van der Waals surface area contributed by atoms with E-state index < -0.39 is 5.97 Å². The second-order valence-corrected chi connectivity index (χ2v) is 4.72. The van der Waals surface area contributed by atoms with Gasteiger partial charge in [-0.3, -0.25) is 9.69 Å². The Morgan fingerprint density at radius 2 is 1.76 bits per heavy atom. The maximum absolute atomic E-state index is 12.5. The number of amides is 2. The molecule has 1 aromatic carbocycles. The number of anilines is 1. The molecule has 0 bridgehead atoms. The van der Waals surface area contributed by atoms with Crippen LogP contribution in [0.5, 0.6) is 0 Å². The molecule has 0 spiro atoms. The maximum atomic E-state index is 12.5. The van der Waals surface area contributed by atoms with E-state index in [1.165, 1.54) is 9.80 Å². The van der Waals surface area contributed by atoms with E-state index in [0.717, 1.165) is 5.56 Å². The van der Waals surface area contributed by atoms with Crippen molar-refractivity contribution in [2.45, 2.75) is 20.3 Å². The molecule has 0 aliphatic heterocycles. The van der Waals surface area contributed by atoms with Crippen LogP contribution in [0.1, 0.15) is 18.9 Å². The molecule has 2 N–H and O–H groups in total. The fourth-order valence-corrected chi connectivity index (χ4v) is 1.95. The number of carbonyl (C=O) groups is 2. The first kappa shape index (κ1) is 17.0. The highest BCUT2D eigenvalue weighted by Crippen LogP contribution is 2.17. The highest BCUT2D eigenvalue weighted by Gasteiger charge is 2.21. The van der Waals surface area contributed by atoms with Crippen LogP contribution in [0.3, 0.4) is 0 Å². The van der Waals surface area contributed by atoms with E-state index in [4.69, 9.17) is 10.2 Å². The molecule has 0 fully saturated rings. The number of carbonyl (C=O) groups excluding carboxylic acids is 1. The smallest absolute Gasteiger partial charge is 0.324 e. The van der Waals surface area contributed by atoms with Gasteiger partial charge in [0.15, 0.2) is 0 Å². The summed E-state index contributed by atoms with van der Waals surface area (Å²) >= 11 is 0. The van der Waals surface area contributed by atoms with Crippen molar-refractivity contribution >= 4 is 17.7 Å². The Morgan fingerprint density at radius 3 is 2.24 bits per heavy atom. The number of hydrogen-bond donors (Lipinski definition) is 2. The summed E-state index contributed by atoms with van der Waals surface area (Å²) in [6, 6.07) is 7.04. The molecule has 2 amide bonds. The fourth-order valence-electron chi connectivity index (χ4n) is 1.95. The third-order valence-electron chi connectivity index (χ3n) is 3.15. The molecular weight excluding hydrogens is 272 g/mol. The molecule has 0 saturated carbocycles. The molecule has 0 saturated heterocycles. The van der Waals surface area contributed by atoms with Crippen LogP contribution >= 0.6 is 0 Å². The highest BCUT2D eigenvalue weighted by atomic mass is 16.4. The maximum Gasteiger partial charge on any atom is 0.324 e. The molecule has 116 valence electrons. The van der Waals surface area contributed by atoms with E-state index in [2.05, 4.69) is 0 Å². The summed E-state index contributed by atoms with van der Waals surface area (Å²) in [4.78, 5) is 26.2. The van der Waals surface area contributed by atoms with Crippen molar-refractivity contribution in [1.82, 2.24) is 4.90 Å². The van der Waals surface area contributed by atoms with Gasteiger partial charge in [-0.2, -0.15) is 0 Å². The van der Waals surface area contributed by atoms with Crippen molar-refractivity contribution in [2.24, 2.45) is 0 Å². The number of urea groups is 1. The van der Waals surface area contributed by atoms with Crippen molar-refractivity contribution in [2.75, 3.05) is 31.1 Å². The normalized spacial score (nSPS) is 10.2. The van der Waals surface area contributed by atoms with Gasteiger partial charge >= 0.3 is 12.0 Å². The lowest BCUT2D eigenvalue weighted by atomic mass is 10.2. The lowest BCUT2D eigenvalue weighted by molar-refractivity contribution is -0.136. The second kappa shape index (κ2) is 8.26. The topological polar surface area (TPSA) is 81.1 Å². The molecule has 0 heterocycles. The summed E-state index contributed by atoms with van der Waals surface area (Å²) in [7, 11) is 0. The van der Waals surface area contributed by atoms with Crippen LogP contribution in [-0.2, 0) is 4.79 Å². The number of carboxylic acids is 1. The van der Waals surface area contributed by atoms with E-state index in [1.807, 2.05) is 26.0 Å². The summed E-state index contributed by atoms with van der Waals surface area (Å²) in [5.74, 6) is -0.954. The number of aryl methyl sites for hydroxylation is 1. The number of aliphatic hydroxyl groups excluding tert-OH is 1. The molecule has 6 nitrogen and oxygen atoms in total. The standard InChI is InChI=1S/C15H22N2O4/c1-3-16(10-11-18)15(21)17(9-8-14(19)20)13-6-4-12(2)5-7-13/h4-7,18H,3,8-11H2,1-2H3,(H,19,20). The summed E-state index contributed by atoms with van der Waals surface area (Å²) in [6.07, 6.45) is -0.129. The van der Waals surface area contributed by atoms with Gasteiger partial charge in [0.1, 0.15) is 0 Å². The second-order valence-electron chi connectivity index (χ2n) is 4.72. The molecule has 0 atom stereocenters. The van der Waals surface area contributed by atoms with Crippen molar-refractivity contribution in [3.8, 4) is 0 Å². The Morgan fingerprint density at radius 1 is 1.14 bits per heavy atom. The first-order chi connectivity index (χ1) is 9.99. The zero-order chi connectivity index (χ0) is 15.8. The minimum Gasteiger partial charge on any atom is -0.481 e. The average Bonchev–Trinajstić information content (AvgIpc) is 2.46. The Labute approximate surface area is 124 Å². The first-order valence-corrected chi connectivity index (χ1v) is 6.95. The van der Waals surface area contributed by atoms with Crippen molar-refractivity contribution < 1.29 is 19.8 Å². The van der Waals surface area contributed by atoms with E-state index >= 15 is 0 Å². The Kier molecular flexibility index (Phi) is 6.68. The minimum absolute atomic E-state index is 0.0964. The number of hydrogen-bond acceptors (Lipinski definition) is 3. The number of nitrogens with zero attached hydrogens (tertiary/aromatic N) is 2. The van der Waals surface area contributed by atoms with Crippen molar-refractivity contribution in [1.29, 1.82) is 0 Å². The SMILES string of the molecule is CCN(CCO)C(=O)N(CCC(=O)O)c1ccc(C)cc1. The average molecular weight is 294 g/mol. The Balaban J connectivity index is 2.97. The molecular formula is C15H22N2O4. The summed E-state index contributed by atoms with van der Waals surface area (Å²) < 4.78 is 0. The van der Waals surface area contributed by atoms with Gasteiger partial charge in [0.05, 0.1) is 13.0 Å². The molecule has 1 rings (SSSR count). The summed E-state index contributed by atoms with van der Waals surface area (Å²) in [5.41, 5.74) is 1.72. The zero-order valence-electron chi connectivity index (χ0n) is 12.5. The van der Waals surface area contributed by atoms with Gasteiger partial charge in [0.2, 0.25) is 0 Å².